The monoisotopic (exact) mass is 255 g/mol. The van der Waals surface area contributed by atoms with E-state index in [0.717, 1.165) is 13.1 Å². The summed E-state index contributed by atoms with van der Waals surface area (Å²) in [5.41, 5.74) is 0. The van der Waals surface area contributed by atoms with Crippen LogP contribution in [0.5, 0.6) is 0 Å². The van der Waals surface area contributed by atoms with Gasteiger partial charge in [-0.05, 0) is 32.9 Å². The van der Waals surface area contributed by atoms with Gasteiger partial charge in [-0.3, -0.25) is 4.79 Å². The molecule has 2 aliphatic rings. The van der Waals surface area contributed by atoms with Crippen molar-refractivity contribution in [3.8, 4) is 0 Å². The van der Waals surface area contributed by atoms with Crippen LogP contribution in [0.1, 0.15) is 26.2 Å². The number of likely N-dealkylation sites (tertiary alicyclic amines) is 1. The average Bonchev–Trinajstić information content (AvgIpc) is 2.40. The van der Waals surface area contributed by atoms with E-state index in [2.05, 4.69) is 22.5 Å². The predicted molar refractivity (Wildman–Crippen MR) is 70.5 cm³/mol. The highest BCUT2D eigenvalue weighted by molar-refractivity contribution is 5.82. The van der Waals surface area contributed by atoms with Crippen LogP contribution >= 0.6 is 0 Å². The maximum atomic E-state index is 12.0. The van der Waals surface area contributed by atoms with E-state index in [4.69, 9.17) is 4.74 Å². The van der Waals surface area contributed by atoms with E-state index >= 15 is 0 Å². The molecule has 0 saturated carbocycles. The highest BCUT2D eigenvalue weighted by Crippen LogP contribution is 2.08. The second-order valence-electron chi connectivity index (χ2n) is 5.35. The molecule has 0 spiro atoms. The molecular formula is C13H25N3O2. The number of rotatable bonds is 4. The van der Waals surface area contributed by atoms with E-state index in [9.17, 15) is 4.79 Å². The number of amides is 1. The predicted octanol–water partition coefficient (Wildman–Crippen LogP) is -0.0346. The number of hydrogen-bond donors (Lipinski definition) is 2. The Morgan fingerprint density at radius 2 is 2.22 bits per heavy atom. The van der Waals surface area contributed by atoms with Crippen LogP contribution in [-0.2, 0) is 9.53 Å². The first kappa shape index (κ1) is 13.8. The van der Waals surface area contributed by atoms with Crippen molar-refractivity contribution in [2.75, 3.05) is 39.4 Å². The van der Waals surface area contributed by atoms with E-state index in [1.54, 1.807) is 0 Å². The Balaban J connectivity index is 1.68. The molecule has 2 rings (SSSR count). The average molecular weight is 255 g/mol. The zero-order valence-electron chi connectivity index (χ0n) is 11.3. The Morgan fingerprint density at radius 1 is 1.44 bits per heavy atom. The first-order valence-corrected chi connectivity index (χ1v) is 7.09. The minimum absolute atomic E-state index is 0.0687. The molecule has 1 amide bonds. The number of piperidine rings is 1. The quantitative estimate of drug-likeness (QED) is 0.740. The molecule has 0 aromatic carbocycles. The fourth-order valence-electron chi connectivity index (χ4n) is 2.65. The molecule has 0 bridgehead atoms. The van der Waals surface area contributed by atoms with Crippen molar-refractivity contribution in [1.82, 2.24) is 15.5 Å². The topological polar surface area (TPSA) is 53.6 Å². The molecule has 2 heterocycles. The van der Waals surface area contributed by atoms with Crippen LogP contribution in [0.15, 0.2) is 0 Å². The highest BCUT2D eigenvalue weighted by atomic mass is 16.5. The summed E-state index contributed by atoms with van der Waals surface area (Å²) < 4.78 is 5.30. The van der Waals surface area contributed by atoms with Crippen LogP contribution in [0.4, 0.5) is 0 Å². The number of ether oxygens (including phenoxy) is 1. The van der Waals surface area contributed by atoms with Gasteiger partial charge in [-0.1, -0.05) is 6.42 Å². The van der Waals surface area contributed by atoms with Crippen molar-refractivity contribution >= 4 is 5.91 Å². The van der Waals surface area contributed by atoms with Gasteiger partial charge >= 0.3 is 0 Å². The lowest BCUT2D eigenvalue weighted by Crippen LogP contribution is -2.54. The Labute approximate surface area is 109 Å². The van der Waals surface area contributed by atoms with Crippen LogP contribution in [0.3, 0.4) is 0 Å². The fraction of sp³-hybridized carbons (Fsp3) is 0.923. The van der Waals surface area contributed by atoms with Crippen molar-refractivity contribution in [2.24, 2.45) is 0 Å². The maximum absolute atomic E-state index is 12.0. The standard InChI is InChI=1S/C13H25N3O2/c1-11(9-16-6-3-2-4-7-16)15-13(17)12-10-18-8-5-14-12/h11-12,14H,2-10H2,1H3,(H,15,17). The van der Waals surface area contributed by atoms with Crippen molar-refractivity contribution in [3.63, 3.8) is 0 Å². The molecule has 2 atom stereocenters. The van der Waals surface area contributed by atoms with Crippen molar-refractivity contribution in [1.29, 1.82) is 0 Å². The molecule has 2 fully saturated rings. The summed E-state index contributed by atoms with van der Waals surface area (Å²) in [5.74, 6) is 0.0687. The summed E-state index contributed by atoms with van der Waals surface area (Å²) in [6.07, 6.45) is 3.93. The van der Waals surface area contributed by atoms with E-state index in [0.29, 0.717) is 13.2 Å². The van der Waals surface area contributed by atoms with E-state index in [1.807, 2.05) is 0 Å². The van der Waals surface area contributed by atoms with Gasteiger partial charge in [0, 0.05) is 19.1 Å². The molecule has 0 aliphatic carbocycles. The zero-order valence-corrected chi connectivity index (χ0v) is 11.3. The third-order valence-electron chi connectivity index (χ3n) is 3.61. The molecular weight excluding hydrogens is 230 g/mol. The first-order valence-electron chi connectivity index (χ1n) is 7.09. The fourth-order valence-corrected chi connectivity index (χ4v) is 2.65. The Hall–Kier alpha value is -0.650. The lowest BCUT2D eigenvalue weighted by molar-refractivity contribution is -0.126. The largest absolute Gasteiger partial charge is 0.378 e. The summed E-state index contributed by atoms with van der Waals surface area (Å²) in [5, 5.41) is 6.25. The third kappa shape index (κ3) is 4.23. The molecule has 2 aliphatic heterocycles. The van der Waals surface area contributed by atoms with Crippen molar-refractivity contribution in [2.45, 2.75) is 38.3 Å². The Bertz CT molecular complexity index is 261. The summed E-state index contributed by atoms with van der Waals surface area (Å²) in [6.45, 7) is 7.33. The van der Waals surface area contributed by atoms with Crippen LogP contribution in [0, 0.1) is 0 Å². The van der Waals surface area contributed by atoms with Gasteiger partial charge in [0.2, 0.25) is 5.91 Å². The number of carbonyl (C=O) groups is 1. The smallest absolute Gasteiger partial charge is 0.239 e. The lowest BCUT2D eigenvalue weighted by atomic mass is 10.1. The van der Waals surface area contributed by atoms with Crippen LogP contribution in [0.25, 0.3) is 0 Å². The Kier molecular flexibility index (Phi) is 5.41. The van der Waals surface area contributed by atoms with Gasteiger partial charge in [-0.15, -0.1) is 0 Å². The van der Waals surface area contributed by atoms with Gasteiger partial charge in [0.1, 0.15) is 6.04 Å². The minimum Gasteiger partial charge on any atom is -0.378 e. The van der Waals surface area contributed by atoms with Gasteiger partial charge in [-0.25, -0.2) is 0 Å². The van der Waals surface area contributed by atoms with E-state index < -0.39 is 0 Å². The van der Waals surface area contributed by atoms with E-state index in [-0.39, 0.29) is 18.0 Å². The summed E-state index contributed by atoms with van der Waals surface area (Å²) in [7, 11) is 0. The van der Waals surface area contributed by atoms with Gasteiger partial charge < -0.3 is 20.3 Å². The van der Waals surface area contributed by atoms with Crippen LogP contribution < -0.4 is 10.6 Å². The van der Waals surface area contributed by atoms with Gasteiger partial charge in [0.15, 0.2) is 0 Å². The maximum Gasteiger partial charge on any atom is 0.239 e. The molecule has 18 heavy (non-hydrogen) atoms. The molecule has 5 nitrogen and oxygen atoms in total. The SMILES string of the molecule is CC(CN1CCCCC1)NC(=O)C1COCCN1. The number of nitrogens with one attached hydrogen (secondary N) is 2. The molecule has 2 unspecified atom stereocenters. The summed E-state index contributed by atoms with van der Waals surface area (Å²) >= 11 is 0. The summed E-state index contributed by atoms with van der Waals surface area (Å²) in [4.78, 5) is 14.4. The molecule has 2 saturated heterocycles. The van der Waals surface area contributed by atoms with Crippen molar-refractivity contribution < 1.29 is 9.53 Å². The van der Waals surface area contributed by atoms with Gasteiger partial charge in [0.05, 0.1) is 13.2 Å². The summed E-state index contributed by atoms with van der Waals surface area (Å²) in [6, 6.07) is 0.0295. The lowest BCUT2D eigenvalue weighted by Gasteiger charge is -2.30. The third-order valence-corrected chi connectivity index (χ3v) is 3.61. The molecule has 0 aromatic heterocycles. The molecule has 104 valence electrons. The zero-order chi connectivity index (χ0) is 12.8. The molecule has 0 radical (unpaired) electrons. The minimum atomic E-state index is -0.178. The van der Waals surface area contributed by atoms with Gasteiger partial charge in [0.25, 0.3) is 0 Å². The van der Waals surface area contributed by atoms with Crippen molar-refractivity contribution in [3.05, 3.63) is 0 Å². The highest BCUT2D eigenvalue weighted by Gasteiger charge is 2.23. The molecule has 2 N–H and O–H groups in total. The molecule has 0 aromatic rings. The number of hydrogen-bond acceptors (Lipinski definition) is 4. The van der Waals surface area contributed by atoms with E-state index in [1.165, 1.54) is 32.4 Å². The number of nitrogens with zero attached hydrogens (tertiary/aromatic N) is 1. The number of carbonyl (C=O) groups excluding carboxylic acids is 1. The normalized spacial score (nSPS) is 27.7. The Morgan fingerprint density at radius 3 is 2.89 bits per heavy atom. The van der Waals surface area contributed by atoms with Gasteiger partial charge in [-0.2, -0.15) is 0 Å². The molecule has 5 heteroatoms. The van der Waals surface area contributed by atoms with Crippen LogP contribution in [0.2, 0.25) is 0 Å². The number of morpholine rings is 1. The second kappa shape index (κ2) is 7.07. The first-order chi connectivity index (χ1) is 8.75. The second-order valence-corrected chi connectivity index (χ2v) is 5.35. The van der Waals surface area contributed by atoms with Crippen LogP contribution in [-0.4, -0.2) is 62.3 Å².